The Bertz CT molecular complexity index is 637. The number of benzene rings is 1. The minimum Gasteiger partial charge on any atom is -0.369 e. The molecule has 3 rings (SSSR count). The van der Waals surface area contributed by atoms with Crippen molar-refractivity contribution < 1.29 is 0 Å². The summed E-state index contributed by atoms with van der Waals surface area (Å²) < 4.78 is 0. The van der Waals surface area contributed by atoms with Crippen LogP contribution in [-0.4, -0.2) is 43.1 Å². The van der Waals surface area contributed by atoms with E-state index in [1.165, 1.54) is 5.69 Å². The Morgan fingerprint density at radius 2 is 1.71 bits per heavy atom. The Balaban J connectivity index is 1.87. The van der Waals surface area contributed by atoms with Gasteiger partial charge in [-0.3, -0.25) is 4.98 Å². The summed E-state index contributed by atoms with van der Waals surface area (Å²) in [5, 5.41) is 1.12. The van der Waals surface area contributed by atoms with Crippen LogP contribution in [-0.2, 0) is 0 Å². The van der Waals surface area contributed by atoms with Crippen molar-refractivity contribution in [2.24, 2.45) is 0 Å². The Kier molecular flexibility index (Phi) is 4.34. The van der Waals surface area contributed by atoms with Gasteiger partial charge in [0.2, 0.25) is 0 Å². The molecule has 0 saturated carbocycles. The average Bonchev–Trinajstić information content (AvgIpc) is 2.51. The number of hydrogen-bond acceptors (Lipinski definition) is 3. The summed E-state index contributed by atoms with van der Waals surface area (Å²) in [4.78, 5) is 9.19. The molecule has 0 amide bonds. The number of nitrogens with zero attached hydrogens (tertiary/aromatic N) is 3. The van der Waals surface area contributed by atoms with Crippen molar-refractivity contribution >= 4 is 28.9 Å². The average molecular weight is 322 g/mol. The molecule has 1 aromatic carbocycles. The summed E-state index contributed by atoms with van der Waals surface area (Å²) in [6.07, 6.45) is 1.85. The molecule has 0 aliphatic carbocycles. The predicted molar refractivity (Wildman–Crippen MR) is 89.4 cm³/mol. The molecule has 1 aliphatic heterocycles. The van der Waals surface area contributed by atoms with Crippen molar-refractivity contribution in [2.45, 2.75) is 0 Å². The van der Waals surface area contributed by atoms with Gasteiger partial charge in [0.15, 0.2) is 0 Å². The van der Waals surface area contributed by atoms with Gasteiger partial charge < -0.3 is 9.80 Å². The van der Waals surface area contributed by atoms with Crippen molar-refractivity contribution in [3.8, 4) is 11.3 Å². The molecule has 0 atom stereocenters. The molecule has 0 radical (unpaired) electrons. The normalized spacial score (nSPS) is 16.2. The lowest BCUT2D eigenvalue weighted by Crippen LogP contribution is -2.44. The second-order valence-corrected chi connectivity index (χ2v) is 6.13. The maximum absolute atomic E-state index is 6.09. The zero-order valence-corrected chi connectivity index (χ0v) is 13.4. The van der Waals surface area contributed by atoms with Crippen molar-refractivity contribution in [1.82, 2.24) is 9.88 Å². The van der Waals surface area contributed by atoms with Crippen LogP contribution in [0.2, 0.25) is 10.0 Å². The van der Waals surface area contributed by atoms with E-state index in [2.05, 4.69) is 34.0 Å². The van der Waals surface area contributed by atoms with Gasteiger partial charge in [0.05, 0.1) is 15.7 Å². The molecule has 2 heterocycles. The van der Waals surface area contributed by atoms with Gasteiger partial charge in [-0.25, -0.2) is 0 Å². The molecule has 3 nitrogen and oxygen atoms in total. The highest BCUT2D eigenvalue weighted by molar-refractivity contribution is 6.42. The third kappa shape index (κ3) is 3.31. The maximum atomic E-state index is 6.09. The summed E-state index contributed by atoms with van der Waals surface area (Å²) in [5.74, 6) is 0. The van der Waals surface area contributed by atoms with E-state index in [0.29, 0.717) is 10.0 Å². The lowest BCUT2D eigenvalue weighted by atomic mass is 10.1. The first kappa shape index (κ1) is 14.6. The van der Waals surface area contributed by atoms with E-state index < -0.39 is 0 Å². The van der Waals surface area contributed by atoms with Gasteiger partial charge in [-0.1, -0.05) is 29.3 Å². The number of piperazine rings is 1. The van der Waals surface area contributed by atoms with Gasteiger partial charge in [0, 0.05) is 43.6 Å². The van der Waals surface area contributed by atoms with Gasteiger partial charge in [0.1, 0.15) is 0 Å². The predicted octanol–water partition coefficient (Wildman–Crippen LogP) is 3.81. The van der Waals surface area contributed by atoms with Crippen LogP contribution < -0.4 is 4.90 Å². The molecule has 0 bridgehead atoms. The van der Waals surface area contributed by atoms with Crippen LogP contribution >= 0.6 is 23.2 Å². The fourth-order valence-corrected chi connectivity index (χ4v) is 2.79. The molecular formula is C16H17Cl2N3. The van der Waals surface area contributed by atoms with Crippen LogP contribution in [0.15, 0.2) is 36.5 Å². The molecule has 110 valence electrons. The molecule has 0 N–H and O–H groups in total. The summed E-state index contributed by atoms with van der Waals surface area (Å²) in [6, 6.07) is 9.80. The largest absolute Gasteiger partial charge is 0.369 e. The summed E-state index contributed by atoms with van der Waals surface area (Å²) >= 11 is 12.1. The number of likely N-dealkylation sites (N-methyl/N-ethyl adjacent to an activating group) is 1. The zero-order chi connectivity index (χ0) is 14.8. The van der Waals surface area contributed by atoms with Crippen LogP contribution in [0, 0.1) is 0 Å². The Morgan fingerprint density at radius 1 is 0.952 bits per heavy atom. The Morgan fingerprint density at radius 3 is 2.43 bits per heavy atom. The standard InChI is InChI=1S/C16H17Cl2N3/c1-20-6-8-21(9-7-20)13-4-5-19-16(11-13)12-2-3-14(17)15(18)10-12/h2-5,10-11H,6-9H2,1H3. The van der Waals surface area contributed by atoms with Crippen LogP contribution in [0.3, 0.4) is 0 Å². The van der Waals surface area contributed by atoms with E-state index >= 15 is 0 Å². The van der Waals surface area contributed by atoms with Crippen molar-refractivity contribution in [3.05, 3.63) is 46.6 Å². The second kappa shape index (κ2) is 6.22. The van der Waals surface area contributed by atoms with Gasteiger partial charge >= 0.3 is 0 Å². The van der Waals surface area contributed by atoms with Gasteiger partial charge in [-0.05, 0) is 31.3 Å². The molecular weight excluding hydrogens is 305 g/mol. The number of pyridine rings is 1. The lowest BCUT2D eigenvalue weighted by Gasteiger charge is -2.34. The highest BCUT2D eigenvalue weighted by Crippen LogP contribution is 2.29. The lowest BCUT2D eigenvalue weighted by molar-refractivity contribution is 0.313. The Labute approximate surface area is 135 Å². The molecule has 1 aliphatic rings. The van der Waals surface area contributed by atoms with Gasteiger partial charge in [-0.2, -0.15) is 0 Å². The minimum absolute atomic E-state index is 0.556. The van der Waals surface area contributed by atoms with E-state index in [0.717, 1.165) is 37.4 Å². The summed E-state index contributed by atoms with van der Waals surface area (Å²) in [6.45, 7) is 4.26. The van der Waals surface area contributed by atoms with Crippen LogP contribution in [0.4, 0.5) is 5.69 Å². The quantitative estimate of drug-likeness (QED) is 0.838. The van der Waals surface area contributed by atoms with E-state index in [-0.39, 0.29) is 0 Å². The van der Waals surface area contributed by atoms with E-state index in [4.69, 9.17) is 23.2 Å². The molecule has 1 aromatic heterocycles. The van der Waals surface area contributed by atoms with E-state index in [1.807, 2.05) is 24.4 Å². The van der Waals surface area contributed by atoms with Crippen LogP contribution in [0.5, 0.6) is 0 Å². The fourth-order valence-electron chi connectivity index (χ4n) is 2.49. The van der Waals surface area contributed by atoms with Gasteiger partial charge in [0.25, 0.3) is 0 Å². The Hall–Kier alpha value is -1.29. The number of rotatable bonds is 2. The fraction of sp³-hybridized carbons (Fsp3) is 0.312. The monoisotopic (exact) mass is 321 g/mol. The first-order valence-electron chi connectivity index (χ1n) is 6.98. The number of halogens is 2. The molecule has 2 aromatic rings. The smallest absolute Gasteiger partial charge is 0.0723 e. The first-order chi connectivity index (χ1) is 10.1. The SMILES string of the molecule is CN1CCN(c2ccnc(-c3ccc(Cl)c(Cl)c3)c2)CC1. The first-order valence-corrected chi connectivity index (χ1v) is 7.74. The second-order valence-electron chi connectivity index (χ2n) is 5.32. The summed E-state index contributed by atoms with van der Waals surface area (Å²) in [7, 11) is 2.16. The highest BCUT2D eigenvalue weighted by atomic mass is 35.5. The van der Waals surface area contributed by atoms with Crippen molar-refractivity contribution in [3.63, 3.8) is 0 Å². The molecule has 0 spiro atoms. The van der Waals surface area contributed by atoms with E-state index in [9.17, 15) is 0 Å². The molecule has 0 unspecified atom stereocenters. The third-order valence-corrected chi connectivity index (χ3v) is 4.57. The number of aromatic nitrogens is 1. The summed E-state index contributed by atoms with van der Waals surface area (Å²) in [5.41, 5.74) is 3.12. The van der Waals surface area contributed by atoms with Crippen molar-refractivity contribution in [2.75, 3.05) is 38.1 Å². The molecule has 1 saturated heterocycles. The third-order valence-electron chi connectivity index (χ3n) is 3.83. The number of hydrogen-bond donors (Lipinski definition) is 0. The van der Waals surface area contributed by atoms with Crippen LogP contribution in [0.1, 0.15) is 0 Å². The highest BCUT2D eigenvalue weighted by Gasteiger charge is 2.15. The topological polar surface area (TPSA) is 19.4 Å². The van der Waals surface area contributed by atoms with Crippen molar-refractivity contribution in [1.29, 1.82) is 0 Å². The minimum atomic E-state index is 0.556. The molecule has 1 fully saturated rings. The number of anilines is 1. The van der Waals surface area contributed by atoms with Gasteiger partial charge in [-0.15, -0.1) is 0 Å². The zero-order valence-electron chi connectivity index (χ0n) is 11.9. The molecule has 21 heavy (non-hydrogen) atoms. The van der Waals surface area contributed by atoms with E-state index in [1.54, 1.807) is 0 Å². The maximum Gasteiger partial charge on any atom is 0.0723 e. The molecule has 5 heteroatoms. The van der Waals surface area contributed by atoms with Crippen LogP contribution in [0.25, 0.3) is 11.3 Å².